The molecule has 0 amide bonds. The highest BCUT2D eigenvalue weighted by Crippen LogP contribution is 2.13. The summed E-state index contributed by atoms with van der Waals surface area (Å²) in [4.78, 5) is 1.25. The van der Waals surface area contributed by atoms with Crippen LogP contribution < -0.4 is 0 Å². The van der Waals surface area contributed by atoms with E-state index in [9.17, 15) is 0 Å². The third-order valence-electron chi connectivity index (χ3n) is 1.55. The molecular weight excluding hydrogens is 170 g/mol. The SMILES string of the molecule is CCn1cc(/C=C(/C)SC)nn1. The van der Waals surface area contributed by atoms with Crippen LogP contribution in [0, 0.1) is 0 Å². The third kappa shape index (κ3) is 2.37. The van der Waals surface area contributed by atoms with Crippen molar-refractivity contribution >= 4 is 17.8 Å². The summed E-state index contributed by atoms with van der Waals surface area (Å²) in [6, 6.07) is 0. The summed E-state index contributed by atoms with van der Waals surface area (Å²) < 4.78 is 1.82. The zero-order chi connectivity index (χ0) is 8.97. The monoisotopic (exact) mass is 183 g/mol. The number of rotatable bonds is 3. The first-order valence-corrected chi connectivity index (χ1v) is 5.11. The van der Waals surface area contributed by atoms with E-state index in [0.29, 0.717) is 0 Å². The molecule has 1 rings (SSSR count). The Hall–Kier alpha value is -0.770. The fraction of sp³-hybridized carbons (Fsp3) is 0.500. The normalized spacial score (nSPS) is 12.1. The van der Waals surface area contributed by atoms with E-state index in [2.05, 4.69) is 23.5 Å². The van der Waals surface area contributed by atoms with Gasteiger partial charge in [0.05, 0.1) is 6.20 Å². The first kappa shape index (κ1) is 9.32. The van der Waals surface area contributed by atoms with Crippen molar-refractivity contribution in [2.45, 2.75) is 20.4 Å². The van der Waals surface area contributed by atoms with Gasteiger partial charge in [-0.15, -0.1) is 16.9 Å². The van der Waals surface area contributed by atoms with Crippen molar-refractivity contribution in [1.29, 1.82) is 0 Å². The van der Waals surface area contributed by atoms with E-state index in [1.54, 1.807) is 11.8 Å². The number of allylic oxidation sites excluding steroid dienone is 1. The lowest BCUT2D eigenvalue weighted by Crippen LogP contribution is -1.93. The van der Waals surface area contributed by atoms with Crippen LogP contribution in [0.1, 0.15) is 19.5 Å². The number of hydrogen-bond donors (Lipinski definition) is 0. The van der Waals surface area contributed by atoms with Crippen molar-refractivity contribution in [1.82, 2.24) is 15.0 Å². The van der Waals surface area contributed by atoms with Gasteiger partial charge in [0, 0.05) is 6.54 Å². The zero-order valence-corrected chi connectivity index (χ0v) is 8.43. The van der Waals surface area contributed by atoms with Crippen molar-refractivity contribution in [3.8, 4) is 0 Å². The predicted octanol–water partition coefficient (Wildman–Crippen LogP) is 2.02. The van der Waals surface area contributed by atoms with Crippen molar-refractivity contribution in [2.24, 2.45) is 0 Å². The summed E-state index contributed by atoms with van der Waals surface area (Å²) >= 11 is 1.72. The van der Waals surface area contributed by atoms with Gasteiger partial charge in [-0.2, -0.15) is 0 Å². The molecule has 0 unspecified atom stereocenters. The van der Waals surface area contributed by atoms with E-state index in [4.69, 9.17) is 0 Å². The molecule has 1 aromatic rings. The molecule has 0 saturated carbocycles. The average molecular weight is 183 g/mol. The molecule has 0 N–H and O–H groups in total. The molecule has 0 aromatic carbocycles. The Morgan fingerprint density at radius 2 is 2.50 bits per heavy atom. The molecule has 3 nitrogen and oxygen atoms in total. The van der Waals surface area contributed by atoms with Gasteiger partial charge in [0.25, 0.3) is 0 Å². The van der Waals surface area contributed by atoms with Crippen molar-refractivity contribution in [3.63, 3.8) is 0 Å². The molecule has 1 heterocycles. The van der Waals surface area contributed by atoms with Crippen LogP contribution in [-0.4, -0.2) is 21.2 Å². The van der Waals surface area contributed by atoms with Crippen LogP contribution in [-0.2, 0) is 6.54 Å². The van der Waals surface area contributed by atoms with E-state index < -0.39 is 0 Å². The fourth-order valence-corrected chi connectivity index (χ4v) is 1.04. The van der Waals surface area contributed by atoms with Gasteiger partial charge in [-0.1, -0.05) is 5.21 Å². The maximum absolute atomic E-state index is 4.00. The zero-order valence-electron chi connectivity index (χ0n) is 7.61. The van der Waals surface area contributed by atoms with Crippen LogP contribution >= 0.6 is 11.8 Å². The van der Waals surface area contributed by atoms with Gasteiger partial charge in [-0.3, -0.25) is 4.68 Å². The van der Waals surface area contributed by atoms with Gasteiger partial charge in [-0.25, -0.2) is 0 Å². The quantitative estimate of drug-likeness (QED) is 0.718. The Kier molecular flexibility index (Phi) is 3.34. The van der Waals surface area contributed by atoms with Crippen molar-refractivity contribution < 1.29 is 0 Å². The first-order chi connectivity index (χ1) is 5.76. The summed E-state index contributed by atoms with van der Waals surface area (Å²) in [7, 11) is 0. The number of hydrogen-bond acceptors (Lipinski definition) is 3. The lowest BCUT2D eigenvalue weighted by Gasteiger charge is -1.90. The van der Waals surface area contributed by atoms with E-state index in [1.165, 1.54) is 4.91 Å². The van der Waals surface area contributed by atoms with E-state index in [0.717, 1.165) is 12.2 Å². The molecule has 0 saturated heterocycles. The smallest absolute Gasteiger partial charge is 0.106 e. The van der Waals surface area contributed by atoms with Gasteiger partial charge in [0.15, 0.2) is 0 Å². The highest BCUT2D eigenvalue weighted by Gasteiger charge is 1.95. The van der Waals surface area contributed by atoms with Crippen LogP contribution in [0.15, 0.2) is 11.1 Å². The molecule has 1 aromatic heterocycles. The molecule has 0 radical (unpaired) electrons. The van der Waals surface area contributed by atoms with Crippen LogP contribution in [0.2, 0.25) is 0 Å². The molecule has 0 bridgehead atoms. The molecule has 0 spiro atoms. The van der Waals surface area contributed by atoms with Gasteiger partial charge < -0.3 is 0 Å². The Morgan fingerprint density at radius 1 is 1.75 bits per heavy atom. The first-order valence-electron chi connectivity index (χ1n) is 3.88. The van der Waals surface area contributed by atoms with Crippen LogP contribution in [0.3, 0.4) is 0 Å². The van der Waals surface area contributed by atoms with Gasteiger partial charge in [0.1, 0.15) is 5.69 Å². The van der Waals surface area contributed by atoms with E-state index in [-0.39, 0.29) is 0 Å². The second-order valence-corrected chi connectivity index (χ2v) is 3.51. The molecule has 66 valence electrons. The van der Waals surface area contributed by atoms with Crippen molar-refractivity contribution in [2.75, 3.05) is 6.26 Å². The largest absolute Gasteiger partial charge is 0.252 e. The minimum absolute atomic E-state index is 0.874. The van der Waals surface area contributed by atoms with Gasteiger partial charge in [0.2, 0.25) is 0 Å². The highest BCUT2D eigenvalue weighted by atomic mass is 32.2. The fourth-order valence-electron chi connectivity index (χ4n) is 0.801. The summed E-state index contributed by atoms with van der Waals surface area (Å²) in [5.74, 6) is 0. The minimum atomic E-state index is 0.874. The molecule has 0 aliphatic rings. The number of aromatic nitrogens is 3. The highest BCUT2D eigenvalue weighted by molar-refractivity contribution is 8.02. The molecule has 12 heavy (non-hydrogen) atoms. The molecule has 4 heteroatoms. The molecule has 0 aliphatic carbocycles. The second kappa shape index (κ2) is 4.30. The summed E-state index contributed by atoms with van der Waals surface area (Å²) in [5.41, 5.74) is 0.934. The number of nitrogens with zero attached hydrogens (tertiary/aromatic N) is 3. The Morgan fingerprint density at radius 3 is 3.00 bits per heavy atom. The molecule has 0 aliphatic heterocycles. The minimum Gasteiger partial charge on any atom is -0.252 e. The lowest BCUT2D eigenvalue weighted by molar-refractivity contribution is 0.627. The van der Waals surface area contributed by atoms with Crippen LogP contribution in [0.5, 0.6) is 0 Å². The van der Waals surface area contributed by atoms with E-state index >= 15 is 0 Å². The van der Waals surface area contributed by atoms with E-state index in [1.807, 2.05) is 23.9 Å². The Bertz CT molecular complexity index is 278. The summed E-state index contributed by atoms with van der Waals surface area (Å²) in [6.45, 7) is 4.98. The van der Waals surface area contributed by atoms with Gasteiger partial charge in [-0.05, 0) is 31.1 Å². The summed E-state index contributed by atoms with van der Waals surface area (Å²) in [6.07, 6.45) is 6.03. The summed E-state index contributed by atoms with van der Waals surface area (Å²) in [5, 5.41) is 7.93. The Labute approximate surface area is 76.8 Å². The topological polar surface area (TPSA) is 30.7 Å². The molecular formula is C8H13N3S. The predicted molar refractivity (Wildman–Crippen MR) is 52.9 cm³/mol. The molecule has 0 atom stereocenters. The van der Waals surface area contributed by atoms with Gasteiger partial charge >= 0.3 is 0 Å². The van der Waals surface area contributed by atoms with Crippen LogP contribution in [0.25, 0.3) is 6.08 Å². The molecule has 0 fully saturated rings. The average Bonchev–Trinajstić information content (AvgIpc) is 2.52. The number of aryl methyl sites for hydroxylation is 1. The van der Waals surface area contributed by atoms with Crippen molar-refractivity contribution in [3.05, 3.63) is 16.8 Å². The maximum Gasteiger partial charge on any atom is 0.106 e. The standard InChI is InChI=1S/C8H13N3S/c1-4-11-6-8(9-10-11)5-7(2)12-3/h5-6H,4H2,1-3H3/b7-5-. The third-order valence-corrected chi connectivity index (χ3v) is 2.32. The lowest BCUT2D eigenvalue weighted by atomic mass is 10.4. The second-order valence-electron chi connectivity index (χ2n) is 2.46. The number of thioether (sulfide) groups is 1. The van der Waals surface area contributed by atoms with Crippen LogP contribution in [0.4, 0.5) is 0 Å². The Balaban J connectivity index is 2.76. The maximum atomic E-state index is 4.00.